The Morgan fingerprint density at radius 2 is 2.04 bits per heavy atom. The fraction of sp³-hybridized carbons (Fsp3) is 0.526. The van der Waals surface area contributed by atoms with Crippen LogP contribution in [-0.4, -0.2) is 41.9 Å². The first-order chi connectivity index (χ1) is 12.2. The van der Waals surface area contributed by atoms with Crippen LogP contribution in [0.15, 0.2) is 18.2 Å². The monoisotopic (exact) mass is 361 g/mol. The van der Waals surface area contributed by atoms with Crippen LogP contribution in [0.3, 0.4) is 0 Å². The Bertz CT molecular complexity index is 715. The molecule has 2 rings (SSSR count). The summed E-state index contributed by atoms with van der Waals surface area (Å²) in [6, 6.07) is 5.22. The summed E-state index contributed by atoms with van der Waals surface area (Å²) in [6.45, 7) is 7.43. The van der Waals surface area contributed by atoms with Gasteiger partial charge in [-0.2, -0.15) is 0 Å². The van der Waals surface area contributed by atoms with Crippen LogP contribution in [0.25, 0.3) is 0 Å². The number of nitrogens with one attached hydrogen (secondary N) is 2. The zero-order chi connectivity index (χ0) is 19.5. The molecule has 2 N–H and O–H groups in total. The molecule has 1 atom stereocenters. The fourth-order valence-corrected chi connectivity index (χ4v) is 3.00. The number of hydrogen-bond acceptors (Lipinski definition) is 4. The lowest BCUT2D eigenvalue weighted by Gasteiger charge is -2.19. The van der Waals surface area contributed by atoms with Crippen molar-refractivity contribution in [3.05, 3.63) is 29.3 Å². The maximum atomic E-state index is 12.2. The molecular formula is C19H27N3O4. The molecule has 0 saturated carbocycles. The number of hydrogen-bond donors (Lipinski definition) is 2. The predicted molar refractivity (Wildman–Crippen MR) is 97.8 cm³/mol. The number of aryl methyl sites for hydroxylation is 1. The topological polar surface area (TPSA) is 87.7 Å². The third kappa shape index (κ3) is 4.33. The fourth-order valence-electron chi connectivity index (χ4n) is 3.00. The number of carbonyl (C=O) groups excluding carboxylic acids is 3. The number of methoxy groups -OCH3 is 1. The van der Waals surface area contributed by atoms with Gasteiger partial charge in [0.25, 0.3) is 5.91 Å². The Hall–Kier alpha value is -2.57. The van der Waals surface area contributed by atoms with E-state index in [-0.39, 0.29) is 30.8 Å². The van der Waals surface area contributed by atoms with Crippen LogP contribution in [0.4, 0.5) is 4.79 Å². The molecule has 0 radical (unpaired) electrons. The minimum absolute atomic E-state index is 0.132. The molecule has 26 heavy (non-hydrogen) atoms. The standard InChI is InChI=1S/C19H27N3O4/c1-12-8-9-15(26-5)14(11-12)13(2)20-16(23)7-6-10-22-17(24)19(3,4)21-18(22)25/h8-9,11,13H,6-7,10H2,1-5H3,(H,20,23)(H,21,25). The second-order valence-corrected chi connectivity index (χ2v) is 7.15. The van der Waals surface area contributed by atoms with Gasteiger partial charge in [-0.15, -0.1) is 0 Å². The maximum Gasteiger partial charge on any atom is 0.325 e. The second-order valence-electron chi connectivity index (χ2n) is 7.15. The van der Waals surface area contributed by atoms with Gasteiger partial charge in [-0.1, -0.05) is 17.7 Å². The molecule has 1 heterocycles. The second kappa shape index (κ2) is 7.76. The Morgan fingerprint density at radius 3 is 2.62 bits per heavy atom. The minimum Gasteiger partial charge on any atom is -0.496 e. The van der Waals surface area contributed by atoms with Crippen LogP contribution in [0.5, 0.6) is 5.75 Å². The van der Waals surface area contributed by atoms with Crippen molar-refractivity contribution in [1.29, 1.82) is 0 Å². The van der Waals surface area contributed by atoms with Crippen molar-refractivity contribution in [3.63, 3.8) is 0 Å². The largest absolute Gasteiger partial charge is 0.496 e. The van der Waals surface area contributed by atoms with Crippen molar-refractivity contribution in [3.8, 4) is 5.75 Å². The first kappa shape index (κ1) is 19.8. The van der Waals surface area contributed by atoms with E-state index in [2.05, 4.69) is 10.6 Å². The number of urea groups is 1. The van der Waals surface area contributed by atoms with E-state index in [0.717, 1.165) is 16.9 Å². The summed E-state index contributed by atoms with van der Waals surface area (Å²) in [5, 5.41) is 5.57. The van der Waals surface area contributed by atoms with E-state index in [0.29, 0.717) is 6.42 Å². The van der Waals surface area contributed by atoms with Crippen molar-refractivity contribution in [1.82, 2.24) is 15.5 Å². The Balaban J connectivity index is 1.87. The molecule has 0 aromatic heterocycles. The number of carbonyl (C=O) groups is 3. The van der Waals surface area contributed by atoms with Crippen LogP contribution in [0.1, 0.15) is 50.8 Å². The van der Waals surface area contributed by atoms with E-state index in [1.54, 1.807) is 21.0 Å². The summed E-state index contributed by atoms with van der Waals surface area (Å²) in [6.07, 6.45) is 0.648. The third-order valence-electron chi connectivity index (χ3n) is 4.46. The zero-order valence-electron chi connectivity index (χ0n) is 16.0. The van der Waals surface area contributed by atoms with Crippen LogP contribution < -0.4 is 15.4 Å². The highest BCUT2D eigenvalue weighted by molar-refractivity contribution is 6.06. The summed E-state index contributed by atoms with van der Waals surface area (Å²) in [7, 11) is 1.60. The van der Waals surface area contributed by atoms with Crippen LogP contribution in [0, 0.1) is 6.92 Å². The quantitative estimate of drug-likeness (QED) is 0.730. The van der Waals surface area contributed by atoms with E-state index < -0.39 is 11.6 Å². The Kier molecular flexibility index (Phi) is 5.90. The normalized spacial score (nSPS) is 17.0. The summed E-state index contributed by atoms with van der Waals surface area (Å²) in [5.41, 5.74) is 1.12. The predicted octanol–water partition coefficient (Wildman–Crippen LogP) is 2.29. The van der Waals surface area contributed by atoms with Crippen molar-refractivity contribution in [2.45, 2.75) is 52.1 Å². The highest BCUT2D eigenvalue weighted by atomic mass is 16.5. The van der Waals surface area contributed by atoms with Crippen molar-refractivity contribution >= 4 is 17.8 Å². The highest BCUT2D eigenvalue weighted by Crippen LogP contribution is 2.26. The molecule has 1 unspecified atom stereocenters. The van der Waals surface area contributed by atoms with Gasteiger partial charge in [0.1, 0.15) is 11.3 Å². The molecule has 7 nitrogen and oxygen atoms in total. The summed E-state index contributed by atoms with van der Waals surface area (Å²) < 4.78 is 5.35. The molecule has 1 aliphatic rings. The van der Waals surface area contributed by atoms with Gasteiger partial charge >= 0.3 is 6.03 Å². The first-order valence-corrected chi connectivity index (χ1v) is 8.73. The lowest BCUT2D eigenvalue weighted by Crippen LogP contribution is -2.40. The molecule has 0 spiro atoms. The van der Waals surface area contributed by atoms with E-state index in [1.807, 2.05) is 32.0 Å². The van der Waals surface area contributed by atoms with Crippen LogP contribution in [-0.2, 0) is 9.59 Å². The molecule has 1 saturated heterocycles. The van der Waals surface area contributed by atoms with Gasteiger partial charge in [-0.05, 0) is 40.2 Å². The number of imide groups is 1. The van der Waals surface area contributed by atoms with Gasteiger partial charge in [0.2, 0.25) is 5.91 Å². The van der Waals surface area contributed by atoms with E-state index in [1.165, 1.54) is 4.90 Å². The van der Waals surface area contributed by atoms with Gasteiger partial charge in [-0.25, -0.2) is 4.79 Å². The summed E-state index contributed by atoms with van der Waals surface area (Å²) >= 11 is 0. The van der Waals surface area contributed by atoms with Crippen LogP contribution >= 0.6 is 0 Å². The number of ether oxygens (including phenoxy) is 1. The van der Waals surface area contributed by atoms with Gasteiger partial charge in [-0.3, -0.25) is 14.5 Å². The number of nitrogens with zero attached hydrogens (tertiary/aromatic N) is 1. The average molecular weight is 361 g/mol. The van der Waals surface area contributed by atoms with Crippen molar-refractivity contribution < 1.29 is 19.1 Å². The van der Waals surface area contributed by atoms with Gasteiger partial charge < -0.3 is 15.4 Å². The van der Waals surface area contributed by atoms with Crippen molar-refractivity contribution in [2.75, 3.05) is 13.7 Å². The number of rotatable bonds is 7. The lowest BCUT2D eigenvalue weighted by molar-refractivity contribution is -0.130. The molecule has 142 valence electrons. The smallest absolute Gasteiger partial charge is 0.325 e. The first-order valence-electron chi connectivity index (χ1n) is 8.73. The lowest BCUT2D eigenvalue weighted by atomic mass is 10.0. The molecule has 0 bridgehead atoms. The highest BCUT2D eigenvalue weighted by Gasteiger charge is 2.43. The zero-order valence-corrected chi connectivity index (χ0v) is 16.0. The van der Waals surface area contributed by atoms with Gasteiger partial charge in [0.05, 0.1) is 13.2 Å². The molecule has 1 fully saturated rings. The Morgan fingerprint density at radius 1 is 1.35 bits per heavy atom. The third-order valence-corrected chi connectivity index (χ3v) is 4.46. The molecule has 7 heteroatoms. The molecular weight excluding hydrogens is 334 g/mol. The Labute approximate surface area is 154 Å². The molecule has 1 aromatic rings. The van der Waals surface area contributed by atoms with E-state index in [9.17, 15) is 14.4 Å². The number of amides is 4. The summed E-state index contributed by atoms with van der Waals surface area (Å²) in [5.74, 6) is 0.332. The molecule has 1 aliphatic heterocycles. The summed E-state index contributed by atoms with van der Waals surface area (Å²) in [4.78, 5) is 37.3. The SMILES string of the molecule is COc1ccc(C)cc1C(C)NC(=O)CCCN1C(=O)NC(C)(C)C1=O. The van der Waals surface area contributed by atoms with E-state index in [4.69, 9.17) is 4.74 Å². The van der Waals surface area contributed by atoms with Crippen LogP contribution in [0.2, 0.25) is 0 Å². The minimum atomic E-state index is -0.879. The number of benzene rings is 1. The average Bonchev–Trinajstić information content (AvgIpc) is 2.76. The molecule has 0 aliphatic carbocycles. The van der Waals surface area contributed by atoms with Gasteiger partial charge in [0, 0.05) is 18.5 Å². The van der Waals surface area contributed by atoms with E-state index >= 15 is 0 Å². The van der Waals surface area contributed by atoms with Gasteiger partial charge in [0.15, 0.2) is 0 Å². The van der Waals surface area contributed by atoms with Crippen molar-refractivity contribution in [2.24, 2.45) is 0 Å². The maximum absolute atomic E-state index is 12.2. The molecule has 1 aromatic carbocycles. The molecule has 4 amide bonds.